The molecule has 0 aliphatic carbocycles. The van der Waals surface area contributed by atoms with Crippen LogP contribution in [0.15, 0.2) is 12.1 Å². The maximum atomic E-state index is 12.0. The summed E-state index contributed by atoms with van der Waals surface area (Å²) < 4.78 is 0.579. The highest BCUT2D eigenvalue weighted by molar-refractivity contribution is 7.17. The highest BCUT2D eigenvalue weighted by Crippen LogP contribution is 2.21. The third-order valence-corrected chi connectivity index (χ3v) is 3.89. The van der Waals surface area contributed by atoms with Crippen LogP contribution in [0.2, 0.25) is 4.34 Å². The molecule has 2 aromatic rings. The van der Waals surface area contributed by atoms with Crippen molar-refractivity contribution in [2.24, 2.45) is 0 Å². The molecule has 0 fully saturated rings. The van der Waals surface area contributed by atoms with Crippen LogP contribution in [0.3, 0.4) is 0 Å². The molecule has 0 unspecified atom stereocenters. The number of aromatic nitrogens is 3. The van der Waals surface area contributed by atoms with E-state index in [4.69, 9.17) is 11.6 Å². The van der Waals surface area contributed by atoms with Crippen LogP contribution < -0.4 is 15.1 Å². The second kappa shape index (κ2) is 6.89. The summed E-state index contributed by atoms with van der Waals surface area (Å²) in [5, 5.41) is 2.78. The minimum absolute atomic E-state index is 0.199. The van der Waals surface area contributed by atoms with Gasteiger partial charge >= 0.3 is 0 Å². The lowest BCUT2D eigenvalue weighted by Crippen LogP contribution is -2.25. The zero-order valence-electron chi connectivity index (χ0n) is 12.8. The Hall–Kier alpha value is -1.93. The lowest BCUT2D eigenvalue weighted by atomic mass is 10.4. The van der Waals surface area contributed by atoms with Gasteiger partial charge in [0.1, 0.15) is 0 Å². The van der Waals surface area contributed by atoms with E-state index in [1.54, 1.807) is 21.9 Å². The standard InChI is InChI=1S/C13H17ClN6OS/c1-19(2)12-16-10(17-13(18-12)20(3)4)7-15-11(21)8-5-6-9(14)22-8/h5-6H,7H2,1-4H3,(H,15,21). The summed E-state index contributed by atoms with van der Waals surface area (Å²) in [6, 6.07) is 3.38. The van der Waals surface area contributed by atoms with Gasteiger partial charge in [-0.1, -0.05) is 11.6 Å². The highest BCUT2D eigenvalue weighted by atomic mass is 35.5. The molecule has 0 bridgehead atoms. The minimum atomic E-state index is -0.199. The van der Waals surface area contributed by atoms with E-state index in [-0.39, 0.29) is 12.5 Å². The van der Waals surface area contributed by atoms with Gasteiger partial charge in [0.15, 0.2) is 5.82 Å². The molecule has 1 N–H and O–H groups in total. The van der Waals surface area contributed by atoms with Crippen molar-refractivity contribution >= 4 is 40.7 Å². The molecule has 7 nitrogen and oxygen atoms in total. The van der Waals surface area contributed by atoms with Crippen molar-refractivity contribution in [1.29, 1.82) is 0 Å². The smallest absolute Gasteiger partial charge is 0.261 e. The molecule has 2 rings (SSSR count). The van der Waals surface area contributed by atoms with Gasteiger partial charge in [-0.05, 0) is 12.1 Å². The van der Waals surface area contributed by atoms with Gasteiger partial charge in [-0.15, -0.1) is 11.3 Å². The first-order valence-electron chi connectivity index (χ1n) is 6.50. The summed E-state index contributed by atoms with van der Waals surface area (Å²) in [4.78, 5) is 29.1. The van der Waals surface area contributed by atoms with Crippen LogP contribution in [0.25, 0.3) is 0 Å². The van der Waals surface area contributed by atoms with Gasteiger partial charge in [0.25, 0.3) is 5.91 Å². The molecule has 0 aliphatic heterocycles. The second-order valence-electron chi connectivity index (χ2n) is 4.93. The first-order chi connectivity index (χ1) is 10.4. The van der Waals surface area contributed by atoms with Crippen LogP contribution in [0.1, 0.15) is 15.5 Å². The molecule has 0 aliphatic rings. The molecule has 22 heavy (non-hydrogen) atoms. The summed E-state index contributed by atoms with van der Waals surface area (Å²) in [7, 11) is 7.41. The molecule has 118 valence electrons. The van der Waals surface area contributed by atoms with Crippen LogP contribution in [0.5, 0.6) is 0 Å². The lowest BCUT2D eigenvalue weighted by molar-refractivity contribution is 0.0954. The lowest BCUT2D eigenvalue weighted by Gasteiger charge is -2.16. The summed E-state index contributed by atoms with van der Waals surface area (Å²) in [5.41, 5.74) is 0. The quantitative estimate of drug-likeness (QED) is 0.892. The van der Waals surface area contributed by atoms with Gasteiger partial charge < -0.3 is 15.1 Å². The molecule has 9 heteroatoms. The monoisotopic (exact) mass is 340 g/mol. The Labute approximate surface area is 138 Å². The number of amides is 1. The van der Waals surface area contributed by atoms with E-state index >= 15 is 0 Å². The van der Waals surface area contributed by atoms with Gasteiger partial charge in [0, 0.05) is 28.2 Å². The van der Waals surface area contributed by atoms with Crippen molar-refractivity contribution in [1.82, 2.24) is 20.3 Å². The molecule has 2 aromatic heterocycles. The Morgan fingerprint density at radius 2 is 1.73 bits per heavy atom. The summed E-state index contributed by atoms with van der Waals surface area (Å²) in [6.45, 7) is 0.221. The Morgan fingerprint density at radius 1 is 1.14 bits per heavy atom. The third kappa shape index (κ3) is 4.05. The predicted octanol–water partition coefficient (Wildman–Crippen LogP) is 1.65. The molecule has 2 heterocycles. The Kier molecular flexibility index (Phi) is 5.15. The van der Waals surface area contributed by atoms with E-state index in [0.717, 1.165) is 0 Å². The molecule has 0 saturated heterocycles. The fourth-order valence-corrected chi connectivity index (χ4v) is 2.52. The van der Waals surface area contributed by atoms with Crippen LogP contribution in [0.4, 0.5) is 11.9 Å². The maximum absolute atomic E-state index is 12.0. The molecular weight excluding hydrogens is 324 g/mol. The normalized spacial score (nSPS) is 10.4. The maximum Gasteiger partial charge on any atom is 0.261 e. The average molecular weight is 341 g/mol. The Morgan fingerprint density at radius 3 is 2.18 bits per heavy atom. The van der Waals surface area contributed by atoms with Crippen molar-refractivity contribution in [3.63, 3.8) is 0 Å². The summed E-state index contributed by atoms with van der Waals surface area (Å²) >= 11 is 7.06. The highest BCUT2D eigenvalue weighted by Gasteiger charge is 2.12. The number of carbonyl (C=O) groups is 1. The molecule has 0 radical (unpaired) electrons. The van der Waals surface area contributed by atoms with Crippen molar-refractivity contribution in [2.75, 3.05) is 38.0 Å². The fourth-order valence-electron chi connectivity index (χ4n) is 1.56. The first-order valence-corrected chi connectivity index (χ1v) is 7.69. The predicted molar refractivity (Wildman–Crippen MR) is 89.0 cm³/mol. The molecular formula is C13H17ClN6OS. The van der Waals surface area contributed by atoms with Crippen LogP contribution in [0, 0.1) is 0 Å². The second-order valence-corrected chi connectivity index (χ2v) is 6.64. The average Bonchev–Trinajstić information content (AvgIpc) is 2.91. The number of thiophene rings is 1. The van der Waals surface area contributed by atoms with Crippen LogP contribution in [-0.2, 0) is 6.54 Å². The van der Waals surface area contributed by atoms with Crippen molar-refractivity contribution in [3.05, 3.63) is 27.2 Å². The fraction of sp³-hybridized carbons (Fsp3) is 0.385. The Balaban J connectivity index is 2.13. The summed E-state index contributed by atoms with van der Waals surface area (Å²) in [5.74, 6) is 1.39. The zero-order chi connectivity index (χ0) is 16.3. The number of anilines is 2. The van der Waals surface area contributed by atoms with E-state index < -0.39 is 0 Å². The zero-order valence-corrected chi connectivity index (χ0v) is 14.4. The number of nitrogens with zero attached hydrogens (tertiary/aromatic N) is 5. The molecule has 0 saturated carbocycles. The molecule has 0 spiro atoms. The van der Waals surface area contributed by atoms with Gasteiger partial charge in [-0.3, -0.25) is 4.79 Å². The van der Waals surface area contributed by atoms with Crippen molar-refractivity contribution in [3.8, 4) is 0 Å². The van der Waals surface area contributed by atoms with Crippen molar-refractivity contribution in [2.45, 2.75) is 6.54 Å². The number of halogens is 1. The molecule has 0 aromatic carbocycles. The number of hydrogen-bond donors (Lipinski definition) is 1. The molecule has 0 atom stereocenters. The number of rotatable bonds is 5. The number of hydrogen-bond acceptors (Lipinski definition) is 7. The minimum Gasteiger partial charge on any atom is -0.347 e. The van der Waals surface area contributed by atoms with Crippen LogP contribution in [-0.4, -0.2) is 49.0 Å². The van der Waals surface area contributed by atoms with Gasteiger partial charge in [-0.25, -0.2) is 0 Å². The molecule has 1 amide bonds. The van der Waals surface area contributed by atoms with E-state index in [9.17, 15) is 4.79 Å². The van der Waals surface area contributed by atoms with E-state index in [1.807, 2.05) is 28.2 Å². The number of carbonyl (C=O) groups excluding carboxylic acids is 1. The van der Waals surface area contributed by atoms with Gasteiger partial charge in [-0.2, -0.15) is 15.0 Å². The van der Waals surface area contributed by atoms with Gasteiger partial charge in [0.2, 0.25) is 11.9 Å². The van der Waals surface area contributed by atoms with Gasteiger partial charge in [0.05, 0.1) is 15.8 Å². The number of nitrogens with one attached hydrogen (secondary N) is 1. The summed E-state index contributed by atoms with van der Waals surface area (Å²) in [6.07, 6.45) is 0. The Bertz CT molecular complexity index is 646. The van der Waals surface area contributed by atoms with E-state index in [1.165, 1.54) is 11.3 Å². The van der Waals surface area contributed by atoms with Crippen LogP contribution >= 0.6 is 22.9 Å². The van der Waals surface area contributed by atoms with E-state index in [2.05, 4.69) is 20.3 Å². The topological polar surface area (TPSA) is 74.2 Å². The largest absolute Gasteiger partial charge is 0.347 e. The van der Waals surface area contributed by atoms with E-state index in [0.29, 0.717) is 26.9 Å². The first kappa shape index (κ1) is 16.4. The van der Waals surface area contributed by atoms with Crippen molar-refractivity contribution < 1.29 is 4.79 Å². The SMILES string of the molecule is CN(C)c1nc(CNC(=O)c2ccc(Cl)s2)nc(N(C)C)n1. The third-order valence-electron chi connectivity index (χ3n) is 2.66.